The average Bonchev–Trinajstić information content (AvgIpc) is 2.22. The summed E-state index contributed by atoms with van der Waals surface area (Å²) < 4.78 is 9.33. The lowest BCUT2D eigenvalue weighted by atomic mass is 10.2. The molecule has 0 aromatic carbocycles. The van der Waals surface area contributed by atoms with E-state index in [4.69, 9.17) is 4.74 Å². The monoisotopic (exact) mass is 198 g/mol. The van der Waals surface area contributed by atoms with Gasteiger partial charge in [-0.25, -0.2) is 9.59 Å². The number of ether oxygens (including phenoxy) is 2. The first-order valence-corrected chi connectivity index (χ1v) is 4.25. The second-order valence-electron chi connectivity index (χ2n) is 2.46. The molecule has 0 amide bonds. The Morgan fingerprint density at radius 2 is 1.86 bits per heavy atom. The Bertz CT molecular complexity index is 243. The maximum Gasteiger partial charge on any atom is 0.333 e. The summed E-state index contributed by atoms with van der Waals surface area (Å²) in [7, 11) is 0. The Kier molecular flexibility index (Phi) is 6.11. The molecular formula is C10H14O4. The highest BCUT2D eigenvalue weighted by atomic mass is 16.6. The zero-order valence-corrected chi connectivity index (χ0v) is 8.25. The minimum absolute atomic E-state index is 0.0353. The first kappa shape index (κ1) is 12.4. The molecule has 0 unspecified atom stereocenters. The van der Waals surface area contributed by atoms with Crippen LogP contribution in [0.25, 0.3) is 0 Å². The molecule has 0 bridgehead atoms. The zero-order valence-electron chi connectivity index (χ0n) is 8.25. The molecule has 0 fully saturated rings. The molecule has 4 nitrogen and oxygen atoms in total. The third kappa shape index (κ3) is 5.13. The molecular weight excluding hydrogens is 184 g/mol. The van der Waals surface area contributed by atoms with Crippen LogP contribution in [-0.4, -0.2) is 25.2 Å². The maximum atomic E-state index is 11.0. The minimum Gasteiger partial charge on any atom is -0.459 e. The fourth-order valence-corrected chi connectivity index (χ4v) is 0.582. The van der Waals surface area contributed by atoms with Gasteiger partial charge in [0.05, 0.1) is 0 Å². The standard InChI is InChI=1S/C10H14O4/c1-4-8(3)10(12)14-7-6-13-9(11)5-2/h5H,2-4,6-7H2,1H3. The lowest BCUT2D eigenvalue weighted by molar-refractivity contribution is -0.146. The number of carbonyl (C=O) groups excluding carboxylic acids is 2. The highest BCUT2D eigenvalue weighted by Gasteiger charge is 2.05. The van der Waals surface area contributed by atoms with Gasteiger partial charge in [-0.15, -0.1) is 0 Å². The van der Waals surface area contributed by atoms with Crippen LogP contribution in [0.2, 0.25) is 0 Å². The van der Waals surface area contributed by atoms with Crippen LogP contribution in [0.3, 0.4) is 0 Å². The van der Waals surface area contributed by atoms with Crippen molar-refractivity contribution in [2.24, 2.45) is 0 Å². The van der Waals surface area contributed by atoms with Gasteiger partial charge in [0.25, 0.3) is 0 Å². The molecule has 0 saturated carbocycles. The van der Waals surface area contributed by atoms with Gasteiger partial charge in [0.2, 0.25) is 0 Å². The highest BCUT2D eigenvalue weighted by molar-refractivity contribution is 5.87. The summed E-state index contributed by atoms with van der Waals surface area (Å²) >= 11 is 0. The Labute approximate surface area is 83.2 Å². The molecule has 78 valence electrons. The summed E-state index contributed by atoms with van der Waals surface area (Å²) in [5.41, 5.74) is 0.403. The molecule has 0 aromatic heterocycles. The Morgan fingerprint density at radius 1 is 1.29 bits per heavy atom. The Morgan fingerprint density at radius 3 is 2.36 bits per heavy atom. The Balaban J connectivity index is 3.55. The van der Waals surface area contributed by atoms with Gasteiger partial charge < -0.3 is 9.47 Å². The van der Waals surface area contributed by atoms with E-state index in [-0.39, 0.29) is 13.2 Å². The summed E-state index contributed by atoms with van der Waals surface area (Å²) in [6.07, 6.45) is 1.60. The van der Waals surface area contributed by atoms with E-state index < -0.39 is 11.9 Å². The van der Waals surface area contributed by atoms with Crippen LogP contribution in [0, 0.1) is 0 Å². The quantitative estimate of drug-likeness (QED) is 0.366. The lowest BCUT2D eigenvalue weighted by Crippen LogP contribution is -2.13. The van der Waals surface area contributed by atoms with E-state index in [0.29, 0.717) is 12.0 Å². The van der Waals surface area contributed by atoms with Crippen molar-refractivity contribution in [2.45, 2.75) is 13.3 Å². The predicted molar refractivity (Wildman–Crippen MR) is 51.5 cm³/mol. The number of hydrogen-bond donors (Lipinski definition) is 0. The first-order chi connectivity index (χ1) is 6.61. The van der Waals surface area contributed by atoms with Crippen molar-refractivity contribution in [2.75, 3.05) is 13.2 Å². The van der Waals surface area contributed by atoms with Crippen molar-refractivity contribution in [3.05, 3.63) is 24.8 Å². The molecule has 14 heavy (non-hydrogen) atoms. The van der Waals surface area contributed by atoms with Crippen molar-refractivity contribution in [1.29, 1.82) is 0 Å². The van der Waals surface area contributed by atoms with E-state index in [1.165, 1.54) is 0 Å². The van der Waals surface area contributed by atoms with Crippen molar-refractivity contribution < 1.29 is 19.1 Å². The Hall–Kier alpha value is -1.58. The normalized spacial score (nSPS) is 8.93. The van der Waals surface area contributed by atoms with E-state index in [0.717, 1.165) is 6.08 Å². The van der Waals surface area contributed by atoms with Gasteiger partial charge in [0.1, 0.15) is 13.2 Å². The average molecular weight is 198 g/mol. The summed E-state index contributed by atoms with van der Waals surface area (Å²) in [6.45, 7) is 8.61. The van der Waals surface area contributed by atoms with Crippen LogP contribution in [0.15, 0.2) is 24.8 Å². The zero-order chi connectivity index (χ0) is 11.0. The highest BCUT2D eigenvalue weighted by Crippen LogP contribution is 1.98. The topological polar surface area (TPSA) is 52.6 Å². The van der Waals surface area contributed by atoms with E-state index >= 15 is 0 Å². The predicted octanol–water partition coefficient (Wildman–Crippen LogP) is 1.22. The summed E-state index contributed by atoms with van der Waals surface area (Å²) in [6, 6.07) is 0. The molecule has 0 saturated heterocycles. The van der Waals surface area contributed by atoms with E-state index in [2.05, 4.69) is 17.9 Å². The van der Waals surface area contributed by atoms with Gasteiger partial charge in [-0.1, -0.05) is 20.1 Å². The first-order valence-electron chi connectivity index (χ1n) is 4.25. The molecule has 0 aromatic rings. The molecule has 4 heteroatoms. The smallest absolute Gasteiger partial charge is 0.333 e. The SMILES string of the molecule is C=CC(=O)OCCOC(=O)C(=C)CC. The summed E-state index contributed by atoms with van der Waals surface area (Å²) in [5.74, 6) is -0.988. The number of esters is 2. The molecule has 0 atom stereocenters. The fourth-order valence-electron chi connectivity index (χ4n) is 0.582. The number of hydrogen-bond acceptors (Lipinski definition) is 4. The van der Waals surface area contributed by atoms with Crippen LogP contribution in [0.1, 0.15) is 13.3 Å². The molecule has 0 spiro atoms. The van der Waals surface area contributed by atoms with Gasteiger partial charge in [-0.3, -0.25) is 0 Å². The minimum atomic E-state index is -0.532. The number of carbonyl (C=O) groups is 2. The molecule has 0 aliphatic rings. The van der Waals surface area contributed by atoms with Crippen molar-refractivity contribution in [3.8, 4) is 0 Å². The van der Waals surface area contributed by atoms with Crippen molar-refractivity contribution in [3.63, 3.8) is 0 Å². The largest absolute Gasteiger partial charge is 0.459 e. The van der Waals surface area contributed by atoms with E-state index in [9.17, 15) is 9.59 Å². The fraction of sp³-hybridized carbons (Fsp3) is 0.400. The molecule has 0 aliphatic heterocycles. The van der Waals surface area contributed by atoms with E-state index in [1.807, 2.05) is 0 Å². The van der Waals surface area contributed by atoms with Crippen LogP contribution in [-0.2, 0) is 19.1 Å². The van der Waals surface area contributed by atoms with Gasteiger partial charge in [0, 0.05) is 11.6 Å². The van der Waals surface area contributed by atoms with Gasteiger partial charge >= 0.3 is 11.9 Å². The summed E-state index contributed by atoms with van der Waals surface area (Å²) in [4.78, 5) is 21.6. The van der Waals surface area contributed by atoms with Crippen molar-refractivity contribution >= 4 is 11.9 Å². The lowest BCUT2D eigenvalue weighted by Gasteiger charge is -2.05. The molecule has 0 heterocycles. The molecule has 0 radical (unpaired) electrons. The number of rotatable bonds is 6. The third-order valence-electron chi connectivity index (χ3n) is 1.44. The summed E-state index contributed by atoms with van der Waals surface area (Å²) in [5, 5.41) is 0. The van der Waals surface area contributed by atoms with Gasteiger partial charge in [-0.05, 0) is 6.42 Å². The van der Waals surface area contributed by atoms with Crippen LogP contribution >= 0.6 is 0 Å². The van der Waals surface area contributed by atoms with Crippen LogP contribution < -0.4 is 0 Å². The second kappa shape index (κ2) is 6.88. The van der Waals surface area contributed by atoms with Crippen LogP contribution in [0.4, 0.5) is 0 Å². The van der Waals surface area contributed by atoms with Crippen LogP contribution in [0.5, 0.6) is 0 Å². The maximum absolute atomic E-state index is 11.0. The second-order valence-corrected chi connectivity index (χ2v) is 2.46. The molecule has 0 aliphatic carbocycles. The third-order valence-corrected chi connectivity index (χ3v) is 1.44. The van der Waals surface area contributed by atoms with Gasteiger partial charge in [-0.2, -0.15) is 0 Å². The molecule has 0 N–H and O–H groups in total. The van der Waals surface area contributed by atoms with E-state index in [1.54, 1.807) is 6.92 Å². The molecule has 0 rings (SSSR count). The van der Waals surface area contributed by atoms with Crippen molar-refractivity contribution in [1.82, 2.24) is 0 Å². The van der Waals surface area contributed by atoms with Gasteiger partial charge in [0.15, 0.2) is 0 Å².